The number of hydrogen-bond donors (Lipinski definition) is 0. The molecular formula is C22H21NO2. The SMILES string of the molecule is CCCC[C@@H]1C(=O)OC(c2ccccc2)=C(C#N)[C@@H]1c1ccccc1. The van der Waals surface area contributed by atoms with Crippen LogP contribution in [0.25, 0.3) is 5.76 Å². The molecule has 2 aromatic rings. The quantitative estimate of drug-likeness (QED) is 0.719. The second-order valence-corrected chi connectivity index (χ2v) is 6.28. The molecule has 0 N–H and O–H groups in total. The summed E-state index contributed by atoms with van der Waals surface area (Å²) < 4.78 is 5.66. The van der Waals surface area contributed by atoms with Crippen LogP contribution in [0.15, 0.2) is 66.2 Å². The first-order valence-electron chi connectivity index (χ1n) is 8.72. The van der Waals surface area contributed by atoms with Gasteiger partial charge in [0.05, 0.1) is 17.6 Å². The third-order valence-corrected chi connectivity index (χ3v) is 4.65. The van der Waals surface area contributed by atoms with Gasteiger partial charge in [-0.15, -0.1) is 0 Å². The fraction of sp³-hybridized carbons (Fsp3) is 0.273. The normalized spacial score (nSPS) is 20.1. The number of hydrogen-bond acceptors (Lipinski definition) is 3. The van der Waals surface area contributed by atoms with E-state index in [2.05, 4.69) is 13.0 Å². The summed E-state index contributed by atoms with van der Waals surface area (Å²) >= 11 is 0. The lowest BCUT2D eigenvalue weighted by molar-refractivity contribution is -0.143. The number of benzene rings is 2. The van der Waals surface area contributed by atoms with E-state index >= 15 is 0 Å². The summed E-state index contributed by atoms with van der Waals surface area (Å²) in [7, 11) is 0. The van der Waals surface area contributed by atoms with Crippen molar-refractivity contribution in [1.29, 1.82) is 5.26 Å². The van der Waals surface area contributed by atoms with E-state index in [0.29, 0.717) is 11.3 Å². The molecule has 0 aliphatic carbocycles. The lowest BCUT2D eigenvalue weighted by Gasteiger charge is -2.32. The number of rotatable bonds is 5. The molecule has 0 amide bonds. The average molecular weight is 331 g/mol. The molecule has 3 rings (SSSR count). The minimum Gasteiger partial charge on any atom is -0.425 e. The molecule has 2 atom stereocenters. The zero-order valence-corrected chi connectivity index (χ0v) is 14.3. The molecule has 25 heavy (non-hydrogen) atoms. The molecule has 0 saturated carbocycles. The largest absolute Gasteiger partial charge is 0.425 e. The average Bonchev–Trinajstić information content (AvgIpc) is 2.67. The molecule has 0 radical (unpaired) electrons. The molecule has 1 aliphatic rings. The van der Waals surface area contributed by atoms with Crippen LogP contribution in [-0.4, -0.2) is 5.97 Å². The van der Waals surface area contributed by atoms with Gasteiger partial charge in [-0.3, -0.25) is 4.79 Å². The van der Waals surface area contributed by atoms with Crippen molar-refractivity contribution in [3.63, 3.8) is 0 Å². The Morgan fingerprint density at radius 3 is 2.28 bits per heavy atom. The van der Waals surface area contributed by atoms with Crippen LogP contribution < -0.4 is 0 Å². The molecule has 2 aromatic carbocycles. The van der Waals surface area contributed by atoms with Crippen molar-refractivity contribution < 1.29 is 9.53 Å². The highest BCUT2D eigenvalue weighted by atomic mass is 16.5. The Bertz CT molecular complexity index is 803. The Morgan fingerprint density at radius 1 is 1.04 bits per heavy atom. The van der Waals surface area contributed by atoms with Crippen molar-refractivity contribution in [3.8, 4) is 6.07 Å². The molecule has 0 saturated heterocycles. The van der Waals surface area contributed by atoms with E-state index in [0.717, 1.165) is 30.4 Å². The van der Waals surface area contributed by atoms with E-state index in [4.69, 9.17) is 4.74 Å². The van der Waals surface area contributed by atoms with Gasteiger partial charge >= 0.3 is 5.97 Å². The van der Waals surface area contributed by atoms with Crippen LogP contribution in [-0.2, 0) is 9.53 Å². The van der Waals surface area contributed by atoms with E-state index < -0.39 is 0 Å². The predicted molar refractivity (Wildman–Crippen MR) is 97.3 cm³/mol. The highest BCUT2D eigenvalue weighted by Crippen LogP contribution is 2.43. The lowest BCUT2D eigenvalue weighted by atomic mass is 9.76. The summed E-state index contributed by atoms with van der Waals surface area (Å²) in [6.45, 7) is 2.10. The van der Waals surface area contributed by atoms with E-state index in [1.165, 1.54) is 0 Å². The third kappa shape index (κ3) is 3.49. The van der Waals surface area contributed by atoms with Crippen LogP contribution in [0.5, 0.6) is 0 Å². The zero-order chi connectivity index (χ0) is 17.6. The molecule has 3 heteroatoms. The third-order valence-electron chi connectivity index (χ3n) is 4.65. The lowest BCUT2D eigenvalue weighted by Crippen LogP contribution is -2.30. The van der Waals surface area contributed by atoms with Crippen molar-refractivity contribution in [2.45, 2.75) is 32.1 Å². The summed E-state index contributed by atoms with van der Waals surface area (Å²) in [5.41, 5.74) is 2.30. The van der Waals surface area contributed by atoms with Gasteiger partial charge in [0, 0.05) is 11.5 Å². The summed E-state index contributed by atoms with van der Waals surface area (Å²) in [4.78, 5) is 12.8. The molecule has 126 valence electrons. The van der Waals surface area contributed by atoms with Gasteiger partial charge in [0.15, 0.2) is 5.76 Å². The first kappa shape index (κ1) is 17.0. The Balaban J connectivity index is 2.14. The van der Waals surface area contributed by atoms with Gasteiger partial charge in [0.1, 0.15) is 0 Å². The van der Waals surface area contributed by atoms with Crippen molar-refractivity contribution in [2.75, 3.05) is 0 Å². The number of carbonyl (C=O) groups excluding carboxylic acids is 1. The van der Waals surface area contributed by atoms with Crippen LogP contribution >= 0.6 is 0 Å². The van der Waals surface area contributed by atoms with E-state index in [9.17, 15) is 10.1 Å². The van der Waals surface area contributed by atoms with Crippen LogP contribution in [0.1, 0.15) is 43.2 Å². The number of esters is 1. The fourth-order valence-electron chi connectivity index (χ4n) is 3.40. The maximum absolute atomic E-state index is 12.8. The van der Waals surface area contributed by atoms with Gasteiger partial charge in [-0.05, 0) is 12.0 Å². The van der Waals surface area contributed by atoms with Gasteiger partial charge in [-0.2, -0.15) is 5.26 Å². The number of cyclic esters (lactones) is 1. The Labute approximate surface area is 148 Å². The van der Waals surface area contributed by atoms with Crippen molar-refractivity contribution in [2.24, 2.45) is 5.92 Å². The number of carbonyl (C=O) groups is 1. The van der Waals surface area contributed by atoms with Gasteiger partial charge in [-0.1, -0.05) is 80.4 Å². The molecule has 0 aromatic heterocycles. The van der Waals surface area contributed by atoms with Crippen molar-refractivity contribution in [3.05, 3.63) is 77.4 Å². The second kappa shape index (κ2) is 7.81. The van der Waals surface area contributed by atoms with Crippen LogP contribution in [0.4, 0.5) is 0 Å². The number of ether oxygens (including phenoxy) is 1. The standard InChI is InChI=1S/C22H21NO2/c1-2-3-14-18-20(16-10-6-4-7-11-16)19(15-23)21(25-22(18)24)17-12-8-5-9-13-17/h4-13,18,20H,2-3,14H2,1H3/t18-,20+/m0/s1. The summed E-state index contributed by atoms with van der Waals surface area (Å²) in [6, 6.07) is 21.5. The van der Waals surface area contributed by atoms with Gasteiger partial charge < -0.3 is 4.74 Å². The van der Waals surface area contributed by atoms with Crippen LogP contribution in [0, 0.1) is 17.2 Å². The molecule has 1 aliphatic heterocycles. The number of nitriles is 1. The Kier molecular flexibility index (Phi) is 5.30. The monoisotopic (exact) mass is 331 g/mol. The van der Waals surface area contributed by atoms with Gasteiger partial charge in [0.25, 0.3) is 0 Å². The van der Waals surface area contributed by atoms with Crippen LogP contribution in [0.3, 0.4) is 0 Å². The van der Waals surface area contributed by atoms with E-state index in [-0.39, 0.29) is 17.8 Å². The molecule has 0 spiro atoms. The number of nitrogens with zero attached hydrogens (tertiary/aromatic N) is 1. The molecule has 0 unspecified atom stereocenters. The first-order valence-corrected chi connectivity index (χ1v) is 8.72. The predicted octanol–water partition coefficient (Wildman–Crippen LogP) is 5.07. The minimum absolute atomic E-state index is 0.236. The summed E-state index contributed by atoms with van der Waals surface area (Å²) in [6.07, 6.45) is 2.66. The minimum atomic E-state index is -0.315. The van der Waals surface area contributed by atoms with Gasteiger partial charge in [-0.25, -0.2) is 0 Å². The topological polar surface area (TPSA) is 50.1 Å². The molecular weight excluding hydrogens is 310 g/mol. The summed E-state index contributed by atoms with van der Waals surface area (Å²) in [5.74, 6) is -0.409. The van der Waals surface area contributed by atoms with Crippen LogP contribution in [0.2, 0.25) is 0 Å². The second-order valence-electron chi connectivity index (χ2n) is 6.28. The Morgan fingerprint density at radius 2 is 1.68 bits per heavy atom. The number of allylic oxidation sites excluding steroid dienone is 1. The molecule has 0 fully saturated rings. The first-order chi connectivity index (χ1) is 12.3. The van der Waals surface area contributed by atoms with Crippen molar-refractivity contribution >= 4 is 11.7 Å². The van der Waals surface area contributed by atoms with E-state index in [1.807, 2.05) is 60.7 Å². The number of unbranched alkanes of at least 4 members (excludes halogenated alkanes) is 1. The summed E-state index contributed by atoms with van der Waals surface area (Å²) in [5, 5.41) is 9.88. The highest BCUT2D eigenvalue weighted by molar-refractivity contribution is 5.87. The smallest absolute Gasteiger partial charge is 0.315 e. The Hall–Kier alpha value is -2.86. The molecule has 0 bridgehead atoms. The molecule has 1 heterocycles. The van der Waals surface area contributed by atoms with Crippen molar-refractivity contribution in [1.82, 2.24) is 0 Å². The maximum atomic E-state index is 12.8. The van der Waals surface area contributed by atoms with Gasteiger partial charge in [0.2, 0.25) is 0 Å². The zero-order valence-electron chi connectivity index (χ0n) is 14.3. The maximum Gasteiger partial charge on any atom is 0.315 e. The molecule has 3 nitrogen and oxygen atoms in total. The van der Waals surface area contributed by atoms with E-state index in [1.54, 1.807) is 0 Å². The fourth-order valence-corrected chi connectivity index (χ4v) is 3.40. The highest BCUT2D eigenvalue weighted by Gasteiger charge is 2.40.